The molecule has 0 aliphatic rings. The number of carbonyl (C=O) groups excluding carboxylic acids is 3. The van der Waals surface area contributed by atoms with Gasteiger partial charge in [-0.25, -0.2) is 29.1 Å². The van der Waals surface area contributed by atoms with Gasteiger partial charge in [0.25, 0.3) is 0 Å². The van der Waals surface area contributed by atoms with Crippen LogP contribution in [0.1, 0.15) is 102 Å². The van der Waals surface area contributed by atoms with E-state index in [0.29, 0.717) is 69.6 Å². The second kappa shape index (κ2) is 30.2. The number of carboxylic acid groups (broad SMARTS) is 6. The summed E-state index contributed by atoms with van der Waals surface area (Å²) < 4.78 is 2.96. The molecule has 0 spiro atoms. The number of imidazole rings is 2. The molecule has 2 heterocycles. The van der Waals surface area contributed by atoms with E-state index in [1.54, 1.807) is 0 Å². The molecule has 2 rings (SSSR count). The summed E-state index contributed by atoms with van der Waals surface area (Å²) in [5.41, 5.74) is 0. The zero-order chi connectivity index (χ0) is 46.0. The monoisotopic (exact) mass is 1070 g/mol. The summed E-state index contributed by atoms with van der Waals surface area (Å²) in [6.45, 7) is 0.484. The first-order chi connectivity index (χ1) is 29.4. The Kier molecular flexibility index (Phi) is 26.4. The van der Waals surface area contributed by atoms with Crippen LogP contribution in [0.3, 0.4) is 0 Å². The summed E-state index contributed by atoms with van der Waals surface area (Å²) in [6, 6.07) is -5.05. The van der Waals surface area contributed by atoms with Gasteiger partial charge < -0.3 is 61.0 Å². The number of hydrogen-bond donors (Lipinski definition) is 10. The molecule has 10 N–H and O–H groups in total. The van der Waals surface area contributed by atoms with Gasteiger partial charge in [0.1, 0.15) is 42.9 Å². The molecular weight excluding hydrogens is 1010 g/mol. The summed E-state index contributed by atoms with van der Waals surface area (Å²) in [5, 5.41) is 65.1. The van der Waals surface area contributed by atoms with E-state index in [2.05, 4.69) is 31.2 Å². The van der Waals surface area contributed by atoms with Crippen LogP contribution in [-0.4, -0.2) is 140 Å². The number of amides is 4. The third-order valence-electron chi connectivity index (χ3n) is 9.45. The van der Waals surface area contributed by atoms with Crippen molar-refractivity contribution in [2.45, 2.75) is 134 Å². The van der Waals surface area contributed by atoms with Crippen LogP contribution in [-0.2, 0) is 85.0 Å². The zero-order valence-electron chi connectivity index (χ0n) is 34.7. The van der Waals surface area contributed by atoms with Gasteiger partial charge in [-0.1, -0.05) is 12.8 Å². The van der Waals surface area contributed by atoms with E-state index < -0.39 is 72.3 Å². The normalized spacial score (nSPS) is 12.3. The van der Waals surface area contributed by atoms with E-state index in [9.17, 15) is 63.6 Å². The fourth-order valence-corrected chi connectivity index (χ4v) is 6.24. The van der Waals surface area contributed by atoms with E-state index in [1.165, 1.54) is 33.9 Å². The van der Waals surface area contributed by atoms with Crippen molar-refractivity contribution in [3.05, 3.63) is 36.4 Å². The Balaban J connectivity index is 0.0000198. The molecule has 0 fully saturated rings. The van der Waals surface area contributed by atoms with Crippen LogP contribution < -0.4 is 21.3 Å². The van der Waals surface area contributed by atoms with Crippen LogP contribution >= 0.6 is 0 Å². The average molecular weight is 1070 g/mol. The summed E-state index contributed by atoms with van der Waals surface area (Å²) >= 11 is 0. The molecule has 0 unspecified atom stereocenters. The van der Waals surface area contributed by atoms with Crippen molar-refractivity contribution in [3.8, 4) is 0 Å². The number of carboxylic acids is 6. The predicted octanol–water partition coefficient (Wildman–Crippen LogP) is 0.686. The SMILES string of the molecule is O=C(O)CC[C@H](NC(=O)N[C@@H](CCCCNC(=O)CCCCCCC(=O)N[C@@H](CCCCN(Cc1nccn1CC(=O)O)Cc1nccn1CC(=O)O)C(=O)O)C(=O)O)C(=O)O.[Re]. The Labute approximate surface area is 375 Å². The van der Waals surface area contributed by atoms with Crippen molar-refractivity contribution in [3.63, 3.8) is 0 Å². The quantitative estimate of drug-likeness (QED) is 0.0431. The van der Waals surface area contributed by atoms with Gasteiger partial charge in [-0.05, 0) is 64.3 Å². The van der Waals surface area contributed by atoms with E-state index in [1.807, 2.05) is 4.90 Å². The van der Waals surface area contributed by atoms with E-state index in [0.717, 1.165) is 0 Å². The number of carbonyl (C=O) groups is 9. The molecular formula is C38H57N9O15Re. The summed E-state index contributed by atoms with van der Waals surface area (Å²) in [5.74, 6) is -7.07. The maximum absolute atomic E-state index is 12.6. The van der Waals surface area contributed by atoms with Crippen LogP contribution in [0.4, 0.5) is 4.79 Å². The maximum Gasteiger partial charge on any atom is 0.326 e. The van der Waals surface area contributed by atoms with Crippen molar-refractivity contribution >= 4 is 53.7 Å². The maximum atomic E-state index is 12.6. The second-order valence-corrected chi connectivity index (χ2v) is 14.5. The van der Waals surface area contributed by atoms with E-state index in [-0.39, 0.29) is 91.2 Å². The number of hydrogen-bond acceptors (Lipinski definition) is 12. The van der Waals surface area contributed by atoms with Crippen molar-refractivity contribution in [1.29, 1.82) is 0 Å². The number of aromatic nitrogens is 4. The molecule has 0 aromatic carbocycles. The minimum atomic E-state index is -1.52. The second-order valence-electron chi connectivity index (χ2n) is 14.5. The molecule has 25 heteroatoms. The molecule has 2 aromatic rings. The van der Waals surface area contributed by atoms with Gasteiger partial charge in [-0.3, -0.25) is 28.9 Å². The molecule has 0 aliphatic carbocycles. The molecule has 3 atom stereocenters. The van der Waals surface area contributed by atoms with Gasteiger partial charge in [-0.15, -0.1) is 0 Å². The topological polar surface area (TPSA) is 362 Å². The Morgan fingerprint density at radius 2 is 1.00 bits per heavy atom. The van der Waals surface area contributed by atoms with Crippen LogP contribution in [0.25, 0.3) is 0 Å². The summed E-state index contributed by atoms with van der Waals surface area (Å²) in [6.07, 6.45) is 9.45. The van der Waals surface area contributed by atoms with E-state index >= 15 is 0 Å². The van der Waals surface area contributed by atoms with Crippen molar-refractivity contribution in [2.75, 3.05) is 13.1 Å². The Hall–Kier alpha value is -5.93. The Morgan fingerprint density at radius 3 is 1.48 bits per heavy atom. The molecule has 351 valence electrons. The number of urea groups is 1. The number of aliphatic carboxylic acids is 6. The number of nitrogens with one attached hydrogen (secondary N) is 4. The van der Waals surface area contributed by atoms with Gasteiger partial charge >= 0.3 is 41.8 Å². The third-order valence-corrected chi connectivity index (χ3v) is 9.45. The van der Waals surface area contributed by atoms with Crippen molar-refractivity contribution in [2.24, 2.45) is 0 Å². The van der Waals surface area contributed by atoms with E-state index in [4.69, 9.17) is 10.2 Å². The molecule has 4 amide bonds. The fraction of sp³-hybridized carbons (Fsp3) is 0.605. The summed E-state index contributed by atoms with van der Waals surface area (Å²) in [7, 11) is 0. The third kappa shape index (κ3) is 23.8. The first-order valence-corrected chi connectivity index (χ1v) is 20.1. The molecule has 0 bridgehead atoms. The molecule has 63 heavy (non-hydrogen) atoms. The van der Waals surface area contributed by atoms with Crippen molar-refractivity contribution in [1.82, 2.24) is 45.3 Å². The van der Waals surface area contributed by atoms with Crippen LogP contribution in [0.5, 0.6) is 0 Å². The van der Waals surface area contributed by atoms with Gasteiger partial charge in [0, 0.05) is 71.0 Å². The predicted molar refractivity (Wildman–Crippen MR) is 213 cm³/mol. The molecule has 24 nitrogen and oxygen atoms in total. The Bertz CT molecular complexity index is 1770. The minimum absolute atomic E-state index is 0. The molecule has 0 saturated heterocycles. The van der Waals surface area contributed by atoms with Crippen molar-refractivity contribution < 1.29 is 94.2 Å². The molecule has 1 radical (unpaired) electrons. The smallest absolute Gasteiger partial charge is 0.326 e. The number of unbranched alkanes of at least 4 members (excludes halogenated alkanes) is 5. The minimum Gasteiger partial charge on any atom is -0.481 e. The van der Waals surface area contributed by atoms with Crippen LogP contribution in [0, 0.1) is 0 Å². The number of nitrogens with zero attached hydrogens (tertiary/aromatic N) is 5. The van der Waals surface area contributed by atoms with Gasteiger partial charge in [0.2, 0.25) is 11.8 Å². The largest absolute Gasteiger partial charge is 0.481 e. The first kappa shape index (κ1) is 55.1. The molecule has 0 aliphatic heterocycles. The standard InChI is InChI=1S/C38H57N9O15.Re/c48-30(41-15-7-5-9-26(36(58)59)43-38(62)44-27(37(60)61)13-14-32(50)51)11-3-1-2-4-12-31(49)42-25(35(56)57)10-6-8-18-45(21-28-39-16-19-46(28)23-33(52)53)22-29-40-17-20-47(29)24-34(54)55;/h16-17,19-20,25-27H,1-15,18,21-24H2,(H,41,48)(H,42,49)(H,50,51)(H,52,53)(H,54,55)(H,56,57)(H,58,59)(H,60,61)(H2,43,44,62);/t25-,26-,27-;/m0./s1. The fourth-order valence-electron chi connectivity index (χ4n) is 6.24. The first-order valence-electron chi connectivity index (χ1n) is 20.1. The molecule has 2 aromatic heterocycles. The summed E-state index contributed by atoms with van der Waals surface area (Å²) in [4.78, 5) is 115. The van der Waals surface area contributed by atoms with Gasteiger partial charge in [0.15, 0.2) is 0 Å². The Morgan fingerprint density at radius 1 is 0.540 bits per heavy atom. The average Bonchev–Trinajstić information content (AvgIpc) is 3.82. The zero-order valence-corrected chi connectivity index (χ0v) is 37.4. The van der Waals surface area contributed by atoms with Gasteiger partial charge in [-0.2, -0.15) is 0 Å². The molecule has 0 saturated carbocycles. The number of rotatable bonds is 34. The van der Waals surface area contributed by atoms with Crippen LogP contribution in [0.15, 0.2) is 24.8 Å². The van der Waals surface area contributed by atoms with Gasteiger partial charge in [0.05, 0.1) is 13.1 Å². The van der Waals surface area contributed by atoms with Crippen LogP contribution in [0.2, 0.25) is 0 Å².